The van der Waals surface area contributed by atoms with E-state index in [-0.39, 0.29) is 5.88 Å². The Bertz CT molecular complexity index is 341. The summed E-state index contributed by atoms with van der Waals surface area (Å²) >= 11 is 0. The van der Waals surface area contributed by atoms with Gasteiger partial charge in [0.25, 0.3) is 21.0 Å². The summed E-state index contributed by atoms with van der Waals surface area (Å²) in [7, 11) is -2.46. The monoisotopic (exact) mass is 178 g/mol. The minimum absolute atomic E-state index is 0.0778. The Morgan fingerprint density at radius 3 is 2.64 bits per heavy atom. The van der Waals surface area contributed by atoms with Crippen LogP contribution < -0.4 is 9.88 Å². The Kier molecular flexibility index (Phi) is 1.83. The average Bonchev–Trinajstić information content (AvgIpc) is 2.32. The van der Waals surface area contributed by atoms with Crippen LogP contribution in [0.4, 0.5) is 0 Å². The Labute approximate surface area is 63.0 Å². The van der Waals surface area contributed by atoms with Gasteiger partial charge >= 0.3 is 0 Å². The molecule has 7 heteroatoms. The fourth-order valence-corrected chi connectivity index (χ4v) is 0.880. The normalized spacial score (nSPS) is 11.5. The summed E-state index contributed by atoms with van der Waals surface area (Å²) in [5.74, 6) is 0.0778. The lowest BCUT2D eigenvalue weighted by atomic mass is 10.7. The molecule has 1 heterocycles. The molecular weight excluding hydrogens is 172 g/mol. The number of ether oxygens (including phenoxy) is 1. The first kappa shape index (κ1) is 8.02. The number of sulfonamides is 1. The summed E-state index contributed by atoms with van der Waals surface area (Å²) in [4.78, 5) is 0. The van der Waals surface area contributed by atoms with Crippen molar-refractivity contribution in [3.8, 4) is 5.88 Å². The van der Waals surface area contributed by atoms with Crippen molar-refractivity contribution in [1.82, 2.24) is 5.16 Å². The van der Waals surface area contributed by atoms with Crippen LogP contribution >= 0.6 is 0 Å². The van der Waals surface area contributed by atoms with Gasteiger partial charge in [0, 0.05) is 0 Å². The summed E-state index contributed by atoms with van der Waals surface area (Å²) in [5, 5.41) is 7.54. The van der Waals surface area contributed by atoms with E-state index >= 15 is 0 Å². The number of nitrogens with two attached hydrogens (primary N) is 1. The predicted molar refractivity (Wildman–Crippen MR) is 34.4 cm³/mol. The minimum atomic E-state index is -3.80. The lowest BCUT2D eigenvalue weighted by Gasteiger charge is -1.85. The molecule has 0 saturated heterocycles. The van der Waals surface area contributed by atoms with Crippen LogP contribution in [-0.2, 0) is 10.0 Å². The highest BCUT2D eigenvalue weighted by Gasteiger charge is 2.14. The fraction of sp³-hybridized carbons (Fsp3) is 0.250. The molecule has 2 N–H and O–H groups in total. The predicted octanol–water partition coefficient (Wildman–Crippen LogP) is -0.669. The lowest BCUT2D eigenvalue weighted by molar-refractivity contribution is 0.303. The molecule has 62 valence electrons. The fourth-order valence-electron chi connectivity index (χ4n) is 0.474. The average molecular weight is 178 g/mol. The van der Waals surface area contributed by atoms with Gasteiger partial charge in [-0.3, -0.25) is 0 Å². The zero-order valence-corrected chi connectivity index (χ0v) is 6.46. The van der Waals surface area contributed by atoms with E-state index in [2.05, 4.69) is 14.4 Å². The van der Waals surface area contributed by atoms with E-state index in [1.165, 1.54) is 7.11 Å². The van der Waals surface area contributed by atoms with Crippen molar-refractivity contribution in [2.75, 3.05) is 7.11 Å². The third-order valence-electron chi connectivity index (χ3n) is 0.956. The van der Waals surface area contributed by atoms with Gasteiger partial charge in [0.15, 0.2) is 0 Å². The number of hydrogen-bond acceptors (Lipinski definition) is 5. The molecule has 0 aromatic carbocycles. The molecule has 0 spiro atoms. The first-order valence-corrected chi connectivity index (χ1v) is 4.12. The van der Waals surface area contributed by atoms with Gasteiger partial charge in [-0.15, -0.1) is 0 Å². The van der Waals surface area contributed by atoms with E-state index in [0.29, 0.717) is 0 Å². The highest BCUT2D eigenvalue weighted by atomic mass is 32.2. The molecule has 11 heavy (non-hydrogen) atoms. The lowest BCUT2D eigenvalue weighted by Crippen LogP contribution is -2.10. The second kappa shape index (κ2) is 2.51. The van der Waals surface area contributed by atoms with Gasteiger partial charge < -0.3 is 9.26 Å². The second-order valence-electron chi connectivity index (χ2n) is 1.73. The van der Waals surface area contributed by atoms with Crippen molar-refractivity contribution < 1.29 is 17.7 Å². The van der Waals surface area contributed by atoms with Crippen LogP contribution in [0.2, 0.25) is 0 Å². The van der Waals surface area contributed by atoms with Crippen molar-refractivity contribution in [1.29, 1.82) is 0 Å². The zero-order valence-electron chi connectivity index (χ0n) is 5.64. The van der Waals surface area contributed by atoms with Crippen LogP contribution in [0.1, 0.15) is 0 Å². The van der Waals surface area contributed by atoms with Gasteiger partial charge in [-0.25, -0.2) is 13.6 Å². The van der Waals surface area contributed by atoms with E-state index in [4.69, 9.17) is 5.14 Å². The molecule has 1 rings (SSSR count). The molecule has 0 aliphatic heterocycles. The molecule has 0 atom stereocenters. The van der Waals surface area contributed by atoms with Gasteiger partial charge in [0.05, 0.1) is 13.2 Å². The van der Waals surface area contributed by atoms with Gasteiger partial charge in [-0.2, -0.15) is 0 Å². The summed E-state index contributed by atoms with van der Waals surface area (Å²) in [6.07, 6.45) is 0. The van der Waals surface area contributed by atoms with Crippen molar-refractivity contribution in [3.63, 3.8) is 0 Å². The van der Waals surface area contributed by atoms with Crippen LogP contribution in [0, 0.1) is 0 Å². The molecule has 0 amide bonds. The zero-order chi connectivity index (χ0) is 8.48. The summed E-state index contributed by atoms with van der Waals surface area (Å²) < 4.78 is 30.0. The van der Waals surface area contributed by atoms with E-state index in [1.54, 1.807) is 0 Å². The van der Waals surface area contributed by atoms with Gasteiger partial charge in [0.2, 0.25) is 0 Å². The van der Waals surface area contributed by atoms with E-state index in [1.807, 2.05) is 0 Å². The summed E-state index contributed by atoms with van der Waals surface area (Å²) in [5.41, 5.74) is 0. The first-order valence-electron chi connectivity index (χ1n) is 2.57. The highest BCUT2D eigenvalue weighted by molar-refractivity contribution is 7.89. The molecule has 1 aromatic heterocycles. The Balaban J connectivity index is 3.09. The molecule has 6 nitrogen and oxygen atoms in total. The Morgan fingerprint density at radius 1 is 1.73 bits per heavy atom. The van der Waals surface area contributed by atoms with Crippen LogP contribution in [0.3, 0.4) is 0 Å². The van der Waals surface area contributed by atoms with Crippen LogP contribution in [0.25, 0.3) is 0 Å². The van der Waals surface area contributed by atoms with Crippen molar-refractivity contribution in [2.45, 2.75) is 5.09 Å². The standard InChI is InChI=1S/C4H6N2O4S/c1-9-3-2-4(10-6-3)11(5,7)8/h2H,1H3,(H2,5,7,8). The van der Waals surface area contributed by atoms with Crippen molar-refractivity contribution in [3.05, 3.63) is 6.07 Å². The second-order valence-corrected chi connectivity index (χ2v) is 3.23. The molecule has 0 aliphatic carbocycles. The van der Waals surface area contributed by atoms with Crippen molar-refractivity contribution >= 4 is 10.0 Å². The summed E-state index contributed by atoms with van der Waals surface area (Å²) in [6, 6.07) is 1.09. The summed E-state index contributed by atoms with van der Waals surface area (Å²) in [6.45, 7) is 0. The first-order chi connectivity index (χ1) is 5.04. The maximum Gasteiger partial charge on any atom is 0.274 e. The maximum absolute atomic E-state index is 10.6. The van der Waals surface area contributed by atoms with Crippen molar-refractivity contribution in [2.24, 2.45) is 5.14 Å². The quantitative estimate of drug-likeness (QED) is 0.648. The molecular formula is C4H6N2O4S. The largest absolute Gasteiger partial charge is 0.479 e. The van der Waals surface area contributed by atoms with Gasteiger partial charge in [0.1, 0.15) is 0 Å². The number of aromatic nitrogens is 1. The topological polar surface area (TPSA) is 95.4 Å². The number of primary sulfonamides is 1. The number of hydrogen-bond donors (Lipinski definition) is 1. The van der Waals surface area contributed by atoms with Gasteiger partial charge in [-0.05, 0) is 5.16 Å². The third-order valence-corrected chi connectivity index (χ3v) is 1.71. The molecule has 0 fully saturated rings. The number of methoxy groups -OCH3 is 1. The maximum atomic E-state index is 10.6. The number of nitrogens with zero attached hydrogens (tertiary/aromatic N) is 1. The minimum Gasteiger partial charge on any atom is -0.479 e. The molecule has 0 unspecified atom stereocenters. The SMILES string of the molecule is COc1cc(S(N)(=O)=O)on1. The number of rotatable bonds is 2. The molecule has 0 radical (unpaired) electrons. The molecule has 0 saturated carbocycles. The molecule has 0 aliphatic rings. The Hall–Kier alpha value is -1.08. The van der Waals surface area contributed by atoms with Crippen LogP contribution in [-0.4, -0.2) is 20.7 Å². The smallest absolute Gasteiger partial charge is 0.274 e. The van der Waals surface area contributed by atoms with E-state index in [9.17, 15) is 8.42 Å². The van der Waals surface area contributed by atoms with Crippen LogP contribution in [0.5, 0.6) is 5.88 Å². The van der Waals surface area contributed by atoms with Gasteiger partial charge in [-0.1, -0.05) is 0 Å². The van der Waals surface area contributed by atoms with E-state index in [0.717, 1.165) is 6.07 Å². The molecule has 0 bridgehead atoms. The van der Waals surface area contributed by atoms with Crippen LogP contribution in [0.15, 0.2) is 15.7 Å². The highest BCUT2D eigenvalue weighted by Crippen LogP contribution is 2.13. The Morgan fingerprint density at radius 2 is 2.36 bits per heavy atom. The third kappa shape index (κ3) is 1.69. The molecule has 1 aromatic rings. The van der Waals surface area contributed by atoms with E-state index < -0.39 is 15.1 Å².